The minimum Gasteiger partial charge on any atom is -0.393 e. The highest BCUT2D eigenvalue weighted by atomic mass is 19.4. The molecule has 3 aromatic rings. The van der Waals surface area contributed by atoms with Crippen LogP contribution in [0.5, 0.6) is 0 Å². The van der Waals surface area contributed by atoms with E-state index in [1.54, 1.807) is 24.3 Å². The van der Waals surface area contributed by atoms with Gasteiger partial charge < -0.3 is 19.5 Å². The van der Waals surface area contributed by atoms with Crippen molar-refractivity contribution in [2.45, 2.75) is 57.2 Å². The second-order valence-corrected chi connectivity index (χ2v) is 10.3. The number of nitrogens with one attached hydrogen (secondary N) is 1. The number of alkyl halides is 5. The predicted molar refractivity (Wildman–Crippen MR) is 138 cm³/mol. The van der Waals surface area contributed by atoms with E-state index in [2.05, 4.69) is 20.2 Å². The lowest BCUT2D eigenvalue weighted by atomic mass is 10.0. The highest BCUT2D eigenvalue weighted by Crippen LogP contribution is 2.41. The Morgan fingerprint density at radius 3 is 2.39 bits per heavy atom. The maximum absolute atomic E-state index is 13.9. The summed E-state index contributed by atoms with van der Waals surface area (Å²) in [5.41, 5.74) is 0.292. The lowest BCUT2D eigenvalue weighted by Crippen LogP contribution is -2.40. The highest BCUT2D eigenvalue weighted by molar-refractivity contribution is 5.85. The molecule has 8 nitrogen and oxygen atoms in total. The van der Waals surface area contributed by atoms with E-state index >= 15 is 0 Å². The Morgan fingerprint density at radius 1 is 1.05 bits per heavy atom. The molecule has 0 amide bonds. The van der Waals surface area contributed by atoms with E-state index in [1.165, 1.54) is 24.0 Å². The van der Waals surface area contributed by atoms with Gasteiger partial charge in [0.1, 0.15) is 0 Å². The first-order chi connectivity index (χ1) is 19.4. The van der Waals surface area contributed by atoms with E-state index in [4.69, 9.17) is 4.52 Å². The molecule has 1 N–H and O–H groups in total. The van der Waals surface area contributed by atoms with Crippen molar-refractivity contribution in [1.29, 1.82) is 0 Å². The quantitative estimate of drug-likeness (QED) is 0.206. The number of hydrogen-bond acceptors (Lipinski definition) is 8. The Morgan fingerprint density at radius 2 is 1.73 bits per heavy atom. The number of nitrogens with zero attached hydrogens (tertiary/aromatic N) is 3. The molecule has 0 bridgehead atoms. The lowest BCUT2D eigenvalue weighted by molar-refractivity contribution is -0.161. The number of piperidine rings is 1. The second-order valence-electron chi connectivity index (χ2n) is 10.3. The predicted octanol–water partition coefficient (Wildman–Crippen LogP) is 6.33. The molecule has 13 heteroatoms. The molecular formula is C28H27F5N4O4. The molecule has 1 saturated carbocycles. The van der Waals surface area contributed by atoms with Gasteiger partial charge in [-0.1, -0.05) is 5.16 Å². The van der Waals surface area contributed by atoms with Gasteiger partial charge in [-0.25, -0.2) is 8.78 Å². The van der Waals surface area contributed by atoms with Crippen LogP contribution in [0.15, 0.2) is 47.0 Å². The Kier molecular flexibility index (Phi) is 7.71. The Labute approximate surface area is 231 Å². The molecule has 2 aromatic carbocycles. The van der Waals surface area contributed by atoms with Crippen LogP contribution in [0.2, 0.25) is 0 Å². The zero-order chi connectivity index (χ0) is 29.4. The van der Waals surface area contributed by atoms with Gasteiger partial charge in [-0.15, -0.1) is 0 Å². The Bertz CT molecular complexity index is 1410. The summed E-state index contributed by atoms with van der Waals surface area (Å²) in [6.07, 6.45) is -3.86. The summed E-state index contributed by atoms with van der Waals surface area (Å²) in [6, 6.07) is 10.6. The molecule has 2 aliphatic rings. The van der Waals surface area contributed by atoms with Crippen molar-refractivity contribution in [3.63, 3.8) is 0 Å². The zero-order valence-corrected chi connectivity index (χ0v) is 22.0. The molecule has 2 heterocycles. The van der Waals surface area contributed by atoms with Crippen molar-refractivity contribution >= 4 is 23.3 Å². The summed E-state index contributed by atoms with van der Waals surface area (Å²) < 4.78 is 78.9. The standard InChI is InChI=1S/C28H27F5N4O4/c1-16(38)40-26(39)19-4-8-21(14-19)34-20-6-2-17(3-7-20)25-35-24(36-41-25)18-5-9-23(22(15-18)28(31,32)33)37-12-10-27(29,30)11-13-37/h2-3,5-7,9,15,19,21,34H,4,8,10-14H2,1H3/t19-,21+/m1/s1. The number of carbonyl (C=O) groups excluding carboxylic acids is 2. The first-order valence-electron chi connectivity index (χ1n) is 13.2. The van der Waals surface area contributed by atoms with E-state index < -0.39 is 42.4 Å². The highest BCUT2D eigenvalue weighted by Gasteiger charge is 2.39. The molecule has 1 aromatic heterocycles. The van der Waals surface area contributed by atoms with E-state index in [0.717, 1.165) is 18.2 Å². The Balaban J connectivity index is 1.27. The topological polar surface area (TPSA) is 97.6 Å². The fraction of sp³-hybridized carbons (Fsp3) is 0.429. The maximum atomic E-state index is 13.9. The van der Waals surface area contributed by atoms with Gasteiger partial charge in [-0.2, -0.15) is 18.2 Å². The fourth-order valence-corrected chi connectivity index (χ4v) is 5.21. The molecule has 2 atom stereocenters. The number of halogens is 5. The van der Waals surface area contributed by atoms with Crippen LogP contribution in [0.3, 0.4) is 0 Å². The van der Waals surface area contributed by atoms with Gasteiger partial charge in [0.2, 0.25) is 5.82 Å². The largest absolute Gasteiger partial charge is 0.418 e. The van der Waals surface area contributed by atoms with E-state index in [-0.39, 0.29) is 48.0 Å². The number of anilines is 2. The van der Waals surface area contributed by atoms with Crippen LogP contribution < -0.4 is 10.2 Å². The summed E-state index contributed by atoms with van der Waals surface area (Å²) in [7, 11) is 0. The Hall–Kier alpha value is -4.03. The van der Waals surface area contributed by atoms with Gasteiger partial charge in [0.15, 0.2) is 0 Å². The maximum Gasteiger partial charge on any atom is 0.418 e. The van der Waals surface area contributed by atoms with Crippen molar-refractivity contribution in [3.05, 3.63) is 48.0 Å². The normalized spacial score (nSPS) is 20.6. The molecular weight excluding hydrogens is 551 g/mol. The molecule has 2 fully saturated rings. The average Bonchev–Trinajstić information content (AvgIpc) is 3.59. The van der Waals surface area contributed by atoms with Crippen LogP contribution in [0, 0.1) is 5.92 Å². The van der Waals surface area contributed by atoms with E-state index in [9.17, 15) is 31.5 Å². The molecule has 1 saturated heterocycles. The van der Waals surface area contributed by atoms with E-state index in [0.29, 0.717) is 18.4 Å². The number of benzene rings is 2. The third kappa shape index (κ3) is 6.66. The van der Waals surface area contributed by atoms with Crippen LogP contribution in [0.25, 0.3) is 22.8 Å². The minimum atomic E-state index is -4.71. The van der Waals surface area contributed by atoms with Crippen LogP contribution in [-0.4, -0.2) is 47.1 Å². The molecule has 0 spiro atoms. The molecule has 1 aliphatic carbocycles. The van der Waals surface area contributed by atoms with Gasteiger partial charge >= 0.3 is 18.1 Å². The van der Waals surface area contributed by atoms with Crippen molar-refractivity contribution in [2.24, 2.45) is 5.92 Å². The average molecular weight is 579 g/mol. The second kappa shape index (κ2) is 11.1. The van der Waals surface area contributed by atoms with Crippen LogP contribution in [-0.2, 0) is 20.5 Å². The number of carbonyl (C=O) groups is 2. The summed E-state index contributed by atoms with van der Waals surface area (Å²) in [6.45, 7) is 0.830. The monoisotopic (exact) mass is 578 g/mol. The third-order valence-electron chi connectivity index (χ3n) is 7.33. The molecule has 1 aliphatic heterocycles. The van der Waals surface area contributed by atoms with Crippen molar-refractivity contribution in [1.82, 2.24) is 10.1 Å². The number of hydrogen-bond donors (Lipinski definition) is 1. The molecule has 0 unspecified atom stereocenters. The van der Waals surface area contributed by atoms with Gasteiger partial charge in [0, 0.05) is 61.4 Å². The van der Waals surface area contributed by atoms with Crippen LogP contribution in [0.4, 0.5) is 33.3 Å². The summed E-state index contributed by atoms with van der Waals surface area (Å²) in [5.74, 6) is -4.30. The zero-order valence-electron chi connectivity index (χ0n) is 22.0. The third-order valence-corrected chi connectivity index (χ3v) is 7.33. The molecule has 5 rings (SSSR count). The first kappa shape index (κ1) is 28.5. The van der Waals surface area contributed by atoms with E-state index in [1.807, 2.05) is 0 Å². The first-order valence-corrected chi connectivity index (χ1v) is 13.2. The number of aromatic nitrogens is 2. The molecule has 41 heavy (non-hydrogen) atoms. The van der Waals surface area contributed by atoms with Gasteiger partial charge in [-0.3, -0.25) is 9.59 Å². The summed E-state index contributed by atoms with van der Waals surface area (Å²) in [5, 5.41) is 7.18. The summed E-state index contributed by atoms with van der Waals surface area (Å²) in [4.78, 5) is 28.6. The number of rotatable bonds is 6. The SMILES string of the molecule is CC(=O)OC(=O)[C@@H]1CC[C@H](Nc2ccc(-c3nc(-c4ccc(N5CCC(F)(F)CC5)c(C(F)(F)F)c4)no3)cc2)C1. The fourth-order valence-electron chi connectivity index (χ4n) is 5.21. The molecule has 0 radical (unpaired) electrons. The smallest absolute Gasteiger partial charge is 0.393 e. The summed E-state index contributed by atoms with van der Waals surface area (Å²) >= 11 is 0. The molecule has 218 valence electrons. The number of ether oxygens (including phenoxy) is 1. The van der Waals surface area contributed by atoms with Crippen LogP contribution in [0.1, 0.15) is 44.6 Å². The van der Waals surface area contributed by atoms with Crippen molar-refractivity contribution in [2.75, 3.05) is 23.3 Å². The minimum absolute atomic E-state index is 0.0209. The van der Waals surface area contributed by atoms with Gasteiger partial charge in [0.05, 0.1) is 11.5 Å². The number of esters is 2. The van der Waals surface area contributed by atoms with Crippen molar-refractivity contribution in [3.8, 4) is 22.8 Å². The van der Waals surface area contributed by atoms with Gasteiger partial charge in [-0.05, 0) is 61.7 Å². The van der Waals surface area contributed by atoms with Crippen LogP contribution >= 0.6 is 0 Å². The lowest BCUT2D eigenvalue weighted by Gasteiger charge is -2.34. The van der Waals surface area contributed by atoms with Crippen molar-refractivity contribution < 1.29 is 40.8 Å². The van der Waals surface area contributed by atoms with Gasteiger partial charge in [0.25, 0.3) is 11.8 Å².